The van der Waals surface area contributed by atoms with Crippen molar-refractivity contribution < 1.29 is 28.2 Å². The van der Waals surface area contributed by atoms with E-state index in [0.717, 1.165) is 0 Å². The van der Waals surface area contributed by atoms with Crippen LogP contribution in [0.15, 0.2) is 48.5 Å². The van der Waals surface area contributed by atoms with E-state index in [1.54, 1.807) is 35.2 Å². The molecule has 0 spiro atoms. The number of anilines is 1. The maximum atomic E-state index is 13.1. The first-order valence-electron chi connectivity index (χ1n) is 8.87. The number of nitrogens with zero attached hydrogens (tertiary/aromatic N) is 1. The number of halogens is 1. The van der Waals surface area contributed by atoms with E-state index in [1.807, 2.05) is 0 Å². The SMILES string of the molecule is O=C(COc1cccc(F)c1)Nc1ccc(OCC(=O)N2CCOCC2)cc1. The molecular weight excluding hydrogens is 367 g/mol. The molecule has 1 heterocycles. The Morgan fingerprint density at radius 3 is 2.43 bits per heavy atom. The van der Waals surface area contributed by atoms with Gasteiger partial charge in [-0.2, -0.15) is 0 Å². The third-order valence-electron chi connectivity index (χ3n) is 4.03. The molecule has 1 aliphatic heterocycles. The summed E-state index contributed by atoms with van der Waals surface area (Å²) in [6, 6.07) is 12.2. The fourth-order valence-corrected chi connectivity index (χ4v) is 2.59. The summed E-state index contributed by atoms with van der Waals surface area (Å²) in [6.45, 7) is 1.95. The Hall–Kier alpha value is -3.13. The minimum absolute atomic E-state index is 0.0484. The van der Waals surface area contributed by atoms with Gasteiger partial charge in [-0.1, -0.05) is 6.07 Å². The zero-order valence-electron chi connectivity index (χ0n) is 15.2. The first-order valence-corrected chi connectivity index (χ1v) is 8.87. The first-order chi connectivity index (χ1) is 13.6. The molecule has 0 aliphatic carbocycles. The van der Waals surface area contributed by atoms with Crippen LogP contribution in [0.25, 0.3) is 0 Å². The van der Waals surface area contributed by atoms with Crippen LogP contribution < -0.4 is 14.8 Å². The van der Waals surface area contributed by atoms with Crippen LogP contribution in [0.1, 0.15) is 0 Å². The molecule has 2 aromatic rings. The minimum Gasteiger partial charge on any atom is -0.484 e. The second kappa shape index (κ2) is 9.70. The van der Waals surface area contributed by atoms with E-state index in [-0.39, 0.29) is 30.8 Å². The van der Waals surface area contributed by atoms with Gasteiger partial charge in [-0.3, -0.25) is 9.59 Å². The van der Waals surface area contributed by atoms with Gasteiger partial charge in [-0.05, 0) is 36.4 Å². The number of hydrogen-bond acceptors (Lipinski definition) is 5. The molecule has 3 rings (SSSR count). The summed E-state index contributed by atoms with van der Waals surface area (Å²) in [5.74, 6) is -0.0874. The fraction of sp³-hybridized carbons (Fsp3) is 0.300. The molecule has 0 bridgehead atoms. The number of rotatable bonds is 7. The average Bonchev–Trinajstić information content (AvgIpc) is 2.72. The van der Waals surface area contributed by atoms with Gasteiger partial charge in [0.15, 0.2) is 13.2 Å². The van der Waals surface area contributed by atoms with E-state index in [0.29, 0.717) is 37.7 Å². The Balaban J connectivity index is 1.42. The van der Waals surface area contributed by atoms with Crippen LogP contribution in [0.3, 0.4) is 0 Å². The van der Waals surface area contributed by atoms with Crippen LogP contribution in [-0.4, -0.2) is 56.2 Å². The highest BCUT2D eigenvalue weighted by Gasteiger charge is 2.17. The summed E-state index contributed by atoms with van der Waals surface area (Å²) in [4.78, 5) is 25.7. The first kappa shape index (κ1) is 19.6. The molecule has 0 saturated carbocycles. The lowest BCUT2D eigenvalue weighted by Gasteiger charge is -2.26. The van der Waals surface area contributed by atoms with E-state index in [2.05, 4.69) is 5.32 Å². The van der Waals surface area contributed by atoms with Crippen molar-refractivity contribution in [1.82, 2.24) is 4.90 Å². The monoisotopic (exact) mass is 388 g/mol. The third kappa shape index (κ3) is 5.95. The summed E-state index contributed by atoms with van der Waals surface area (Å²) in [5.41, 5.74) is 0.555. The third-order valence-corrected chi connectivity index (χ3v) is 4.03. The highest BCUT2D eigenvalue weighted by atomic mass is 19.1. The number of carbonyl (C=O) groups excluding carboxylic acids is 2. The van der Waals surface area contributed by atoms with Gasteiger partial charge in [0.2, 0.25) is 0 Å². The van der Waals surface area contributed by atoms with Crippen LogP contribution in [0.5, 0.6) is 11.5 Å². The lowest BCUT2D eigenvalue weighted by Crippen LogP contribution is -2.42. The van der Waals surface area contributed by atoms with Crippen molar-refractivity contribution in [2.75, 3.05) is 44.8 Å². The predicted octanol–water partition coefficient (Wildman–Crippen LogP) is 2.08. The van der Waals surface area contributed by atoms with Crippen LogP contribution in [0, 0.1) is 5.82 Å². The van der Waals surface area contributed by atoms with Crippen LogP contribution in [-0.2, 0) is 14.3 Å². The van der Waals surface area contributed by atoms with Crippen molar-refractivity contribution in [3.8, 4) is 11.5 Å². The summed E-state index contributed by atoms with van der Waals surface area (Å²) in [6.07, 6.45) is 0. The van der Waals surface area contributed by atoms with Crippen LogP contribution in [0.2, 0.25) is 0 Å². The van der Waals surface area contributed by atoms with Crippen molar-refractivity contribution in [3.05, 3.63) is 54.3 Å². The van der Waals surface area contributed by atoms with Gasteiger partial charge in [0.1, 0.15) is 17.3 Å². The smallest absolute Gasteiger partial charge is 0.262 e. The fourth-order valence-electron chi connectivity index (χ4n) is 2.59. The quantitative estimate of drug-likeness (QED) is 0.786. The molecule has 8 heteroatoms. The lowest BCUT2D eigenvalue weighted by atomic mass is 10.3. The highest BCUT2D eigenvalue weighted by Crippen LogP contribution is 2.16. The average molecular weight is 388 g/mol. The summed E-state index contributed by atoms with van der Waals surface area (Å²) in [7, 11) is 0. The van der Waals surface area contributed by atoms with Crippen molar-refractivity contribution in [2.45, 2.75) is 0 Å². The Bertz CT molecular complexity index is 806. The zero-order valence-corrected chi connectivity index (χ0v) is 15.2. The Morgan fingerprint density at radius 2 is 1.71 bits per heavy atom. The van der Waals surface area contributed by atoms with E-state index in [1.165, 1.54) is 18.2 Å². The normalized spacial score (nSPS) is 13.7. The van der Waals surface area contributed by atoms with E-state index in [9.17, 15) is 14.0 Å². The van der Waals surface area contributed by atoms with E-state index >= 15 is 0 Å². The lowest BCUT2D eigenvalue weighted by molar-refractivity contribution is -0.137. The molecule has 0 atom stereocenters. The molecule has 1 fully saturated rings. The largest absolute Gasteiger partial charge is 0.484 e. The summed E-state index contributed by atoms with van der Waals surface area (Å²) in [5, 5.41) is 2.67. The summed E-state index contributed by atoms with van der Waals surface area (Å²) >= 11 is 0. The van der Waals surface area contributed by atoms with Crippen LogP contribution in [0.4, 0.5) is 10.1 Å². The molecule has 1 aliphatic rings. The van der Waals surface area contributed by atoms with Crippen molar-refractivity contribution in [3.63, 3.8) is 0 Å². The predicted molar refractivity (Wildman–Crippen MR) is 99.9 cm³/mol. The molecule has 2 amide bonds. The number of carbonyl (C=O) groups is 2. The minimum atomic E-state index is -0.430. The van der Waals surface area contributed by atoms with Crippen molar-refractivity contribution >= 4 is 17.5 Å². The second-order valence-electron chi connectivity index (χ2n) is 6.10. The molecule has 1 N–H and O–H groups in total. The van der Waals surface area contributed by atoms with Gasteiger partial charge in [0.05, 0.1) is 13.2 Å². The van der Waals surface area contributed by atoms with E-state index < -0.39 is 5.82 Å². The molecule has 7 nitrogen and oxygen atoms in total. The molecule has 0 unspecified atom stereocenters. The number of morpholine rings is 1. The molecule has 2 aromatic carbocycles. The van der Waals surface area contributed by atoms with Gasteiger partial charge in [-0.15, -0.1) is 0 Å². The summed E-state index contributed by atoms with van der Waals surface area (Å²) < 4.78 is 29.0. The standard InChI is InChI=1S/C20H21FN2O5/c21-15-2-1-3-18(12-15)27-13-19(24)22-16-4-6-17(7-5-16)28-14-20(25)23-8-10-26-11-9-23/h1-7,12H,8-11,13-14H2,(H,22,24). The number of amides is 2. The number of nitrogens with one attached hydrogen (secondary N) is 1. The van der Waals surface area contributed by atoms with Gasteiger partial charge >= 0.3 is 0 Å². The Labute approximate surface area is 162 Å². The molecule has 1 saturated heterocycles. The molecule has 28 heavy (non-hydrogen) atoms. The van der Waals surface area contributed by atoms with Gasteiger partial charge < -0.3 is 24.4 Å². The Morgan fingerprint density at radius 1 is 1.00 bits per heavy atom. The highest BCUT2D eigenvalue weighted by molar-refractivity contribution is 5.91. The van der Waals surface area contributed by atoms with Crippen molar-refractivity contribution in [1.29, 1.82) is 0 Å². The number of benzene rings is 2. The number of ether oxygens (including phenoxy) is 3. The second-order valence-corrected chi connectivity index (χ2v) is 6.10. The van der Waals surface area contributed by atoms with Crippen LogP contribution >= 0.6 is 0 Å². The maximum Gasteiger partial charge on any atom is 0.262 e. The molecular formula is C20H21FN2O5. The van der Waals surface area contributed by atoms with Gasteiger partial charge in [0.25, 0.3) is 11.8 Å². The van der Waals surface area contributed by atoms with E-state index in [4.69, 9.17) is 14.2 Å². The topological polar surface area (TPSA) is 77.1 Å². The molecule has 148 valence electrons. The number of hydrogen-bond donors (Lipinski definition) is 1. The van der Waals surface area contributed by atoms with Gasteiger partial charge in [-0.25, -0.2) is 4.39 Å². The molecule has 0 radical (unpaired) electrons. The maximum absolute atomic E-state index is 13.1. The Kier molecular flexibility index (Phi) is 6.80. The molecule has 0 aromatic heterocycles. The van der Waals surface area contributed by atoms with Crippen molar-refractivity contribution in [2.24, 2.45) is 0 Å². The van der Waals surface area contributed by atoms with Gasteiger partial charge in [0, 0.05) is 24.8 Å². The zero-order chi connectivity index (χ0) is 19.8.